The molecule has 0 radical (unpaired) electrons. The summed E-state index contributed by atoms with van der Waals surface area (Å²) in [6, 6.07) is 10.4. The van der Waals surface area contributed by atoms with Gasteiger partial charge in [-0.1, -0.05) is 18.2 Å². The van der Waals surface area contributed by atoms with Gasteiger partial charge in [0.15, 0.2) is 5.82 Å². The van der Waals surface area contributed by atoms with Crippen molar-refractivity contribution in [3.63, 3.8) is 0 Å². The van der Waals surface area contributed by atoms with Crippen molar-refractivity contribution in [2.24, 2.45) is 17.4 Å². The summed E-state index contributed by atoms with van der Waals surface area (Å²) in [5.74, 6) is 1.19. The lowest BCUT2D eigenvalue weighted by atomic mass is 9.78. The highest BCUT2D eigenvalue weighted by Gasteiger charge is 2.39. The van der Waals surface area contributed by atoms with E-state index in [1.54, 1.807) is 6.20 Å². The summed E-state index contributed by atoms with van der Waals surface area (Å²) in [6.45, 7) is 0. The lowest BCUT2D eigenvalue weighted by Crippen LogP contribution is -2.58. The second-order valence-corrected chi connectivity index (χ2v) is 6.83. The molecule has 126 valence electrons. The maximum Gasteiger partial charge on any atom is 0.174 e. The quantitative estimate of drug-likeness (QED) is 0.693. The number of rotatable bonds is 3. The van der Waals surface area contributed by atoms with Crippen molar-refractivity contribution in [2.75, 3.05) is 10.7 Å². The van der Waals surface area contributed by atoms with Gasteiger partial charge in [0, 0.05) is 30.0 Å². The molecule has 2 aliphatic rings. The predicted molar refractivity (Wildman–Crippen MR) is 96.5 cm³/mol. The number of hydrogen-bond acceptors (Lipinski definition) is 5. The Hall–Kier alpha value is -2.31. The molecule has 1 saturated carbocycles. The third-order valence-corrected chi connectivity index (χ3v) is 5.08. The molecule has 4 rings (SSSR count). The molecule has 1 aromatic carbocycles. The average molecular weight is 324 g/mol. The van der Waals surface area contributed by atoms with Crippen LogP contribution < -0.4 is 22.2 Å². The van der Waals surface area contributed by atoms with Gasteiger partial charge in [0.1, 0.15) is 5.66 Å². The molecule has 1 unspecified atom stereocenters. The number of nitrogens with one attached hydrogen (secondary N) is 2. The molecular formula is C18H24N6. The fourth-order valence-electron chi connectivity index (χ4n) is 3.71. The minimum absolute atomic E-state index is 0.308. The minimum atomic E-state index is -0.606. The van der Waals surface area contributed by atoms with E-state index >= 15 is 0 Å². The Balaban J connectivity index is 1.65. The molecule has 6 nitrogen and oxygen atoms in total. The Labute approximate surface area is 141 Å². The van der Waals surface area contributed by atoms with Gasteiger partial charge < -0.3 is 22.2 Å². The lowest BCUT2D eigenvalue weighted by Gasteiger charge is -2.42. The second-order valence-electron chi connectivity index (χ2n) is 6.83. The van der Waals surface area contributed by atoms with Gasteiger partial charge in [-0.05, 0) is 43.9 Å². The number of imidazole rings is 1. The number of nitrogens with two attached hydrogens (primary N) is 2. The highest BCUT2D eigenvalue weighted by atomic mass is 15.5. The van der Waals surface area contributed by atoms with E-state index in [1.807, 2.05) is 41.2 Å². The summed E-state index contributed by atoms with van der Waals surface area (Å²) in [6.07, 6.45) is 9.89. The monoisotopic (exact) mass is 324 g/mol. The van der Waals surface area contributed by atoms with Crippen molar-refractivity contribution in [2.45, 2.75) is 37.4 Å². The molecule has 0 saturated heterocycles. The topological polar surface area (TPSA) is 93.9 Å². The van der Waals surface area contributed by atoms with E-state index in [9.17, 15) is 0 Å². The largest absolute Gasteiger partial charge is 0.353 e. The number of benzene rings is 1. The van der Waals surface area contributed by atoms with Crippen LogP contribution in [0.2, 0.25) is 0 Å². The summed E-state index contributed by atoms with van der Waals surface area (Å²) >= 11 is 0. The molecule has 1 fully saturated rings. The molecule has 0 amide bonds. The van der Waals surface area contributed by atoms with Gasteiger partial charge in [-0.15, -0.1) is 0 Å². The number of anilines is 1. The predicted octanol–water partition coefficient (Wildman–Crippen LogP) is 2.07. The molecule has 1 aliphatic carbocycles. The standard InChI is InChI=1S/C18H24N6/c19-14-8-6-13(7-9-14)18(20)12-16(17-21-10-11-24(17)23-18)22-15-4-2-1-3-5-15/h1-5,10-14,22-23H,6-9,19-20H2. The maximum absolute atomic E-state index is 6.78. The second kappa shape index (κ2) is 5.96. The van der Waals surface area contributed by atoms with Crippen LogP contribution in [0.3, 0.4) is 0 Å². The van der Waals surface area contributed by atoms with E-state index in [1.165, 1.54) is 0 Å². The zero-order chi connectivity index (χ0) is 16.6. The number of hydrogen-bond donors (Lipinski definition) is 4. The maximum atomic E-state index is 6.78. The van der Waals surface area contributed by atoms with Crippen molar-refractivity contribution in [1.29, 1.82) is 0 Å². The summed E-state index contributed by atoms with van der Waals surface area (Å²) in [5, 5.41) is 3.46. The highest BCUT2D eigenvalue weighted by Crippen LogP contribution is 2.35. The van der Waals surface area contributed by atoms with Gasteiger partial charge in [-0.3, -0.25) is 0 Å². The fourth-order valence-corrected chi connectivity index (χ4v) is 3.71. The van der Waals surface area contributed by atoms with Crippen molar-refractivity contribution in [3.05, 3.63) is 54.6 Å². The first-order valence-electron chi connectivity index (χ1n) is 8.55. The summed E-state index contributed by atoms with van der Waals surface area (Å²) in [4.78, 5) is 4.45. The smallest absolute Gasteiger partial charge is 0.174 e. The van der Waals surface area contributed by atoms with Crippen LogP contribution in [0, 0.1) is 5.92 Å². The molecule has 2 aromatic rings. The minimum Gasteiger partial charge on any atom is -0.353 e. The molecule has 6 N–H and O–H groups in total. The number of aromatic nitrogens is 2. The van der Waals surface area contributed by atoms with Crippen LogP contribution in [0.5, 0.6) is 0 Å². The van der Waals surface area contributed by atoms with Crippen LogP contribution in [0.15, 0.2) is 48.8 Å². The van der Waals surface area contributed by atoms with Crippen LogP contribution >= 0.6 is 0 Å². The number of para-hydroxylation sites is 1. The molecule has 1 aromatic heterocycles. The van der Waals surface area contributed by atoms with E-state index in [4.69, 9.17) is 11.5 Å². The Kier molecular flexibility index (Phi) is 3.78. The van der Waals surface area contributed by atoms with Crippen LogP contribution in [-0.2, 0) is 0 Å². The van der Waals surface area contributed by atoms with Crippen molar-refractivity contribution < 1.29 is 0 Å². The summed E-state index contributed by atoms with van der Waals surface area (Å²) < 4.78 is 1.92. The molecule has 0 bridgehead atoms. The Morgan fingerprint density at radius 1 is 1.17 bits per heavy atom. The van der Waals surface area contributed by atoms with Gasteiger partial charge in [-0.25, -0.2) is 9.66 Å². The zero-order valence-corrected chi connectivity index (χ0v) is 13.7. The van der Waals surface area contributed by atoms with Crippen molar-refractivity contribution in [1.82, 2.24) is 9.66 Å². The Morgan fingerprint density at radius 3 is 2.67 bits per heavy atom. The average Bonchev–Trinajstić information content (AvgIpc) is 3.04. The molecule has 1 aliphatic heterocycles. The van der Waals surface area contributed by atoms with E-state index in [0.29, 0.717) is 12.0 Å². The van der Waals surface area contributed by atoms with Crippen LogP contribution in [-0.4, -0.2) is 21.4 Å². The first-order valence-corrected chi connectivity index (χ1v) is 8.55. The molecule has 6 heteroatoms. The summed E-state index contributed by atoms with van der Waals surface area (Å²) in [5.41, 5.74) is 17.6. The number of fused-ring (bicyclic) bond motifs is 1. The molecule has 2 heterocycles. The Bertz CT molecular complexity index is 729. The fraction of sp³-hybridized carbons (Fsp3) is 0.389. The SMILES string of the molecule is NC1CCC(C2(N)C=C(Nc3ccccc3)c3nccn3N2)CC1. The van der Waals surface area contributed by atoms with E-state index in [0.717, 1.165) is 42.9 Å². The van der Waals surface area contributed by atoms with E-state index in [-0.39, 0.29) is 0 Å². The zero-order valence-electron chi connectivity index (χ0n) is 13.7. The summed E-state index contributed by atoms with van der Waals surface area (Å²) in [7, 11) is 0. The first-order chi connectivity index (χ1) is 11.6. The van der Waals surface area contributed by atoms with Crippen LogP contribution in [0.1, 0.15) is 31.5 Å². The molecular weight excluding hydrogens is 300 g/mol. The van der Waals surface area contributed by atoms with E-state index < -0.39 is 5.66 Å². The molecule has 24 heavy (non-hydrogen) atoms. The third-order valence-electron chi connectivity index (χ3n) is 5.08. The lowest BCUT2D eigenvalue weighted by molar-refractivity contribution is 0.239. The number of nitrogens with zero attached hydrogens (tertiary/aromatic N) is 2. The van der Waals surface area contributed by atoms with Gasteiger partial charge in [0.05, 0.1) is 5.70 Å². The van der Waals surface area contributed by atoms with Gasteiger partial charge in [0.2, 0.25) is 0 Å². The van der Waals surface area contributed by atoms with Gasteiger partial charge in [-0.2, -0.15) is 0 Å². The normalized spacial score (nSPS) is 29.3. The van der Waals surface area contributed by atoms with Gasteiger partial charge >= 0.3 is 0 Å². The highest BCUT2D eigenvalue weighted by molar-refractivity contribution is 5.76. The van der Waals surface area contributed by atoms with Gasteiger partial charge in [0.25, 0.3) is 0 Å². The van der Waals surface area contributed by atoms with E-state index in [2.05, 4.69) is 21.8 Å². The van der Waals surface area contributed by atoms with Crippen molar-refractivity contribution in [3.8, 4) is 0 Å². The van der Waals surface area contributed by atoms with Crippen molar-refractivity contribution >= 4 is 11.4 Å². The van der Waals surface area contributed by atoms with Crippen LogP contribution in [0.25, 0.3) is 5.70 Å². The third kappa shape index (κ3) is 2.79. The molecule has 0 spiro atoms. The first kappa shape index (κ1) is 15.2. The Morgan fingerprint density at radius 2 is 1.92 bits per heavy atom. The van der Waals surface area contributed by atoms with Crippen LogP contribution in [0.4, 0.5) is 5.69 Å². The molecule has 1 atom stereocenters.